The van der Waals surface area contributed by atoms with Crippen LogP contribution in [0, 0.1) is 43.4 Å². The van der Waals surface area contributed by atoms with Gasteiger partial charge in [-0.1, -0.05) is 46.0 Å². The highest BCUT2D eigenvalue weighted by Gasteiger charge is 2.35. The number of carbonyl (C=O) groups excluding carboxylic acids is 1. The normalized spacial score (nSPS) is 27.7. The molecule has 1 aromatic heterocycles. The van der Waals surface area contributed by atoms with Crippen LogP contribution in [0.2, 0.25) is 0 Å². The van der Waals surface area contributed by atoms with Gasteiger partial charge in [0.2, 0.25) is 5.91 Å². The molecule has 0 radical (unpaired) electrons. The van der Waals surface area contributed by atoms with Crippen molar-refractivity contribution in [1.29, 1.82) is 0 Å². The number of rotatable bonds is 6. The van der Waals surface area contributed by atoms with Crippen molar-refractivity contribution in [1.82, 2.24) is 0 Å². The van der Waals surface area contributed by atoms with Crippen molar-refractivity contribution in [2.24, 2.45) is 11.3 Å². The molecule has 0 spiro atoms. The Morgan fingerprint density at radius 1 is 1.27 bits per heavy atom. The summed E-state index contributed by atoms with van der Waals surface area (Å²) >= 11 is 1.47. The first-order chi connectivity index (χ1) is 16.6. The Hall–Kier alpha value is -1.91. The van der Waals surface area contributed by atoms with Crippen molar-refractivity contribution in [3.05, 3.63) is 42.8 Å². The van der Waals surface area contributed by atoms with Gasteiger partial charge in [0, 0.05) is 45.4 Å². The third-order valence-electron chi connectivity index (χ3n) is 7.28. The average molecular weight is 528 g/mol. The first-order valence-corrected chi connectivity index (χ1v) is 13.9. The molecule has 3 aliphatic rings. The Labute approximate surface area is 229 Å². The summed E-state index contributed by atoms with van der Waals surface area (Å²) in [7, 11) is 0. The minimum Gasteiger partial charge on any atom is -0.848 e. The maximum absolute atomic E-state index is 13.8. The highest BCUT2D eigenvalue weighted by Crippen LogP contribution is 2.36. The van der Waals surface area contributed by atoms with Crippen LogP contribution in [0.25, 0.3) is 0 Å². The van der Waals surface area contributed by atoms with E-state index in [1.54, 1.807) is 0 Å². The molecular weight excluding hydrogens is 482 g/mol. The lowest BCUT2D eigenvalue weighted by Gasteiger charge is -2.49. The van der Waals surface area contributed by atoms with E-state index in [4.69, 9.17) is 9.47 Å². The van der Waals surface area contributed by atoms with Crippen LogP contribution in [0.15, 0.2) is 17.7 Å². The maximum Gasteiger partial charge on any atom is 0.228 e. The molecule has 1 amide bonds. The van der Waals surface area contributed by atoms with Crippen molar-refractivity contribution >= 4 is 22.9 Å². The number of thiophene rings is 1. The van der Waals surface area contributed by atoms with Crippen molar-refractivity contribution in [3.63, 3.8) is 0 Å². The van der Waals surface area contributed by atoms with Crippen molar-refractivity contribution in [3.8, 4) is 11.8 Å². The lowest BCUT2D eigenvalue weighted by atomic mass is 9.81. The third kappa shape index (κ3) is 8.55. The molecule has 37 heavy (non-hydrogen) atoms. The summed E-state index contributed by atoms with van der Waals surface area (Å²) in [5, 5.41) is 16.7. The Balaban J connectivity index is 0.00000241. The van der Waals surface area contributed by atoms with Gasteiger partial charge in [-0.05, 0) is 66.2 Å². The highest BCUT2D eigenvalue weighted by molar-refractivity contribution is 7.10. The van der Waals surface area contributed by atoms with Gasteiger partial charge in [-0.2, -0.15) is 6.07 Å². The number of allylic oxidation sites excluding steroid dienone is 2. The smallest absolute Gasteiger partial charge is 0.228 e. The van der Waals surface area contributed by atoms with Gasteiger partial charge >= 0.3 is 0 Å². The van der Waals surface area contributed by atoms with Gasteiger partial charge in [-0.15, -0.1) is 11.8 Å². The first kappa shape index (κ1) is 31.3. The molecule has 204 valence electrons. The molecular formula is C31H45NO4S. The van der Waals surface area contributed by atoms with E-state index in [-0.39, 0.29) is 50.8 Å². The minimum atomic E-state index is -1.08. The number of nitrogens with zero attached hydrogens (tertiary/aromatic N) is 1. The van der Waals surface area contributed by atoms with Gasteiger partial charge in [0.15, 0.2) is 0 Å². The molecule has 5 nitrogen and oxygen atoms in total. The third-order valence-corrected chi connectivity index (χ3v) is 8.03. The van der Waals surface area contributed by atoms with Crippen molar-refractivity contribution in [2.75, 3.05) is 24.7 Å². The second-order valence-corrected chi connectivity index (χ2v) is 12.4. The van der Waals surface area contributed by atoms with E-state index in [0.717, 1.165) is 36.2 Å². The molecule has 0 unspecified atom stereocenters. The SMILES string of the molecule is CC1=CC[C@H](C(=O)N(c2[c-]sc(C#CC(C)(C)C)c2)C2CCC([O-])(CO[C@H]3CCOC3)CC2)CC1.[CH3+].[CH3+]. The zero-order valence-electron chi connectivity index (χ0n) is 23.7. The molecule has 1 saturated heterocycles. The zero-order chi connectivity index (χ0) is 25.1. The summed E-state index contributed by atoms with van der Waals surface area (Å²) in [4.78, 5) is 16.7. The summed E-state index contributed by atoms with van der Waals surface area (Å²) in [6, 6.07) is 2.02. The fourth-order valence-corrected chi connectivity index (χ4v) is 5.69. The van der Waals surface area contributed by atoms with Crippen LogP contribution in [-0.2, 0) is 14.3 Å². The number of carbonyl (C=O) groups is 1. The predicted octanol–water partition coefficient (Wildman–Crippen LogP) is 5.77. The number of amides is 1. The highest BCUT2D eigenvalue weighted by atomic mass is 32.1. The number of hydrogen-bond acceptors (Lipinski definition) is 5. The predicted molar refractivity (Wildman–Crippen MR) is 151 cm³/mol. The van der Waals surface area contributed by atoms with E-state index in [0.29, 0.717) is 38.9 Å². The molecule has 1 aromatic rings. The van der Waals surface area contributed by atoms with Crippen LogP contribution in [0.1, 0.15) is 83.9 Å². The van der Waals surface area contributed by atoms with Gasteiger partial charge < -0.3 is 19.5 Å². The number of anilines is 1. The second kappa shape index (κ2) is 13.2. The fraction of sp³-hybridized carbons (Fsp3) is 0.645. The molecule has 1 aliphatic heterocycles. The molecule has 6 heteroatoms. The summed E-state index contributed by atoms with van der Waals surface area (Å²) in [6.45, 7) is 9.94. The van der Waals surface area contributed by atoms with E-state index in [2.05, 4.69) is 51.0 Å². The Bertz CT molecular complexity index is 965. The Morgan fingerprint density at radius 3 is 2.59 bits per heavy atom. The van der Waals surface area contributed by atoms with Crippen LogP contribution in [0.3, 0.4) is 0 Å². The van der Waals surface area contributed by atoms with Gasteiger partial charge in [0.25, 0.3) is 0 Å². The molecule has 0 bridgehead atoms. The summed E-state index contributed by atoms with van der Waals surface area (Å²) in [5.41, 5.74) is 1.01. The van der Waals surface area contributed by atoms with E-state index in [9.17, 15) is 9.90 Å². The molecule has 2 fully saturated rings. The molecule has 2 heterocycles. The average Bonchev–Trinajstić information content (AvgIpc) is 3.50. The van der Waals surface area contributed by atoms with Crippen LogP contribution >= 0.6 is 11.3 Å². The molecule has 0 N–H and O–H groups in total. The van der Waals surface area contributed by atoms with Crippen LogP contribution in [0.4, 0.5) is 5.69 Å². The van der Waals surface area contributed by atoms with Crippen LogP contribution in [0.5, 0.6) is 0 Å². The zero-order valence-corrected chi connectivity index (χ0v) is 24.5. The van der Waals surface area contributed by atoms with Gasteiger partial charge in [-0.3, -0.25) is 16.1 Å². The summed E-state index contributed by atoms with van der Waals surface area (Å²) in [5.74, 6) is 6.69. The Kier molecular flexibility index (Phi) is 11.2. The number of hydrogen-bond donors (Lipinski definition) is 0. The van der Waals surface area contributed by atoms with Crippen LogP contribution in [-0.4, -0.2) is 43.5 Å². The van der Waals surface area contributed by atoms with E-state index in [1.165, 1.54) is 16.9 Å². The summed E-state index contributed by atoms with van der Waals surface area (Å²) < 4.78 is 11.3. The number of ether oxygens (including phenoxy) is 2. The topological polar surface area (TPSA) is 61.8 Å². The lowest BCUT2D eigenvalue weighted by molar-refractivity contribution is -0.493. The first-order valence-electron chi connectivity index (χ1n) is 13.1. The quantitative estimate of drug-likeness (QED) is 0.268. The van der Waals surface area contributed by atoms with E-state index in [1.807, 2.05) is 11.0 Å². The van der Waals surface area contributed by atoms with Gasteiger partial charge in [0.1, 0.15) is 0 Å². The lowest BCUT2D eigenvalue weighted by Crippen LogP contribution is -2.55. The van der Waals surface area contributed by atoms with E-state index < -0.39 is 5.60 Å². The van der Waals surface area contributed by atoms with Crippen molar-refractivity contribution < 1.29 is 19.4 Å². The molecule has 1 saturated carbocycles. The largest absolute Gasteiger partial charge is 0.848 e. The molecule has 0 aromatic carbocycles. The van der Waals surface area contributed by atoms with Crippen LogP contribution < -0.4 is 10.0 Å². The second-order valence-electron chi connectivity index (χ2n) is 11.5. The monoisotopic (exact) mass is 527 g/mol. The Morgan fingerprint density at radius 2 is 2.00 bits per heavy atom. The maximum atomic E-state index is 13.8. The molecule has 2 aliphatic carbocycles. The summed E-state index contributed by atoms with van der Waals surface area (Å²) in [6.07, 6.45) is 8.16. The van der Waals surface area contributed by atoms with Gasteiger partial charge in [0.05, 0.1) is 12.7 Å². The van der Waals surface area contributed by atoms with Gasteiger partial charge in [-0.25, -0.2) is 0 Å². The minimum absolute atomic E-state index is 0. The molecule has 2 atom stereocenters. The standard InChI is InChI=1S/C29H39NO4S.2CH3/c1-21-5-7-22(8-6-21)27(31)30(24-17-26(35-19-24)11-13-28(2,3)4)23-9-14-29(32,15-10-23)20-34-25-12-16-33-18-25;;/h5,17,22-23,25H,6-10,12,14-16,18,20H2,1-4H3;2*1H3/q-2;2*+1/t22-,23?,25-,29?;;/m0../s1. The molecule has 4 rings (SSSR count). The fourth-order valence-electron chi connectivity index (χ4n) is 5.05. The van der Waals surface area contributed by atoms with Crippen molar-refractivity contribution in [2.45, 2.75) is 96.8 Å². The van der Waals surface area contributed by atoms with E-state index >= 15 is 0 Å².